The van der Waals surface area contributed by atoms with Crippen molar-refractivity contribution in [1.29, 1.82) is 0 Å². The number of rotatable bonds is 27. The van der Waals surface area contributed by atoms with Crippen molar-refractivity contribution < 1.29 is 92.2 Å². The molecule has 342 valence electrons. The third-order valence-electron chi connectivity index (χ3n) is 8.29. The van der Waals surface area contributed by atoms with Crippen LogP contribution in [0.15, 0.2) is 24.3 Å². The van der Waals surface area contributed by atoms with Crippen LogP contribution in [-0.4, -0.2) is 139 Å². The fourth-order valence-electron chi connectivity index (χ4n) is 5.24. The van der Waals surface area contributed by atoms with Crippen molar-refractivity contribution in [2.45, 2.75) is 108 Å². The smallest absolute Gasteiger partial charge is 0.443 e. The zero-order chi connectivity index (χ0) is 47.6. The van der Waals surface area contributed by atoms with Crippen LogP contribution in [0.1, 0.15) is 65.4 Å². The van der Waals surface area contributed by atoms with Gasteiger partial charge in [0, 0.05) is 19.8 Å². The summed E-state index contributed by atoms with van der Waals surface area (Å²) in [7, 11) is 0. The Morgan fingerprint density at radius 1 is 0.613 bits per heavy atom. The van der Waals surface area contributed by atoms with Crippen molar-refractivity contribution >= 4 is 71.2 Å². The molecule has 1 aromatic carbocycles. The van der Waals surface area contributed by atoms with E-state index in [1.165, 1.54) is 0 Å². The lowest BCUT2D eigenvalue weighted by Gasteiger charge is -2.27. The lowest BCUT2D eigenvalue weighted by Crippen LogP contribution is -2.60. The van der Waals surface area contributed by atoms with Crippen LogP contribution >= 0.6 is 0 Å². The van der Waals surface area contributed by atoms with Gasteiger partial charge in [0.25, 0.3) is 0 Å². The Balaban J connectivity index is 3.49. The molecule has 0 saturated carbocycles. The molecule has 26 heteroatoms. The number of carbonyl (C=O) groups excluding carboxylic acids is 7. The van der Waals surface area contributed by atoms with E-state index >= 15 is 0 Å². The molecule has 0 heterocycles. The van der Waals surface area contributed by atoms with Crippen LogP contribution in [0.3, 0.4) is 0 Å². The Morgan fingerprint density at radius 2 is 1.05 bits per heavy atom. The minimum Gasteiger partial charge on any atom is -0.481 e. The molecule has 62 heavy (non-hydrogen) atoms. The Hall–Kier alpha value is -7.41. The SMILES string of the molecule is CC(=O)N[C@@H](CC(=O)O)C(=O)N[C@@H](C)C(=O)N[C@@H](CC(=O)O)C(=O)N[C@@H](CCC(=O)O)C(=O)N[C@@H](Cc1ccc(OC(F)(C(=O)O)C(=O)O)cc1)C(=O)N[C@@H](CC(C)C)C(N)=O. The van der Waals surface area contributed by atoms with Gasteiger partial charge in [-0.25, -0.2) is 9.59 Å². The van der Waals surface area contributed by atoms with Gasteiger partial charge in [-0.1, -0.05) is 26.0 Å². The zero-order valence-corrected chi connectivity index (χ0v) is 33.6. The molecule has 0 aromatic heterocycles. The quantitative estimate of drug-likeness (QED) is 0.0386. The summed E-state index contributed by atoms with van der Waals surface area (Å²) in [6.07, 6.45) is -4.00. The molecule has 0 radical (unpaired) electrons. The Morgan fingerprint density at radius 3 is 1.50 bits per heavy atom. The number of halogens is 1. The molecule has 0 bridgehead atoms. The lowest BCUT2D eigenvalue weighted by molar-refractivity contribution is -0.191. The normalized spacial score (nSPS) is 13.9. The molecule has 0 saturated heterocycles. The van der Waals surface area contributed by atoms with Crippen molar-refractivity contribution in [2.24, 2.45) is 11.7 Å². The summed E-state index contributed by atoms with van der Waals surface area (Å²) in [5, 5.41) is 58.9. The number of benzene rings is 1. The van der Waals surface area contributed by atoms with Crippen molar-refractivity contribution in [3.63, 3.8) is 0 Å². The van der Waals surface area contributed by atoms with Crippen molar-refractivity contribution in [3.8, 4) is 5.75 Å². The molecule has 6 atom stereocenters. The number of ether oxygens (including phenoxy) is 1. The van der Waals surface area contributed by atoms with Gasteiger partial charge in [-0.2, -0.15) is 4.39 Å². The summed E-state index contributed by atoms with van der Waals surface area (Å²) < 4.78 is 19.0. The van der Waals surface area contributed by atoms with Crippen LogP contribution in [0.25, 0.3) is 0 Å². The number of hydrogen-bond donors (Lipinski definition) is 12. The molecule has 25 nitrogen and oxygen atoms in total. The summed E-state index contributed by atoms with van der Waals surface area (Å²) in [4.78, 5) is 147. The highest BCUT2D eigenvalue weighted by atomic mass is 19.2. The average molecular weight is 886 g/mol. The molecular formula is C36H48FN7O18. The maximum Gasteiger partial charge on any atom is 0.443 e. The monoisotopic (exact) mass is 885 g/mol. The number of alkyl halides is 1. The molecule has 1 rings (SSSR count). The molecule has 0 aliphatic rings. The Bertz CT molecular complexity index is 1860. The molecule has 13 N–H and O–H groups in total. The number of carboxylic acids is 5. The maximum atomic E-state index is 14.5. The van der Waals surface area contributed by atoms with Gasteiger partial charge in [-0.15, -0.1) is 0 Å². The van der Waals surface area contributed by atoms with Gasteiger partial charge < -0.3 is 67.9 Å². The van der Waals surface area contributed by atoms with E-state index in [1.54, 1.807) is 13.8 Å². The Labute approximate surface area is 350 Å². The van der Waals surface area contributed by atoms with E-state index in [2.05, 4.69) is 31.3 Å². The maximum absolute atomic E-state index is 14.5. The number of nitrogens with one attached hydrogen (secondary N) is 6. The van der Waals surface area contributed by atoms with Crippen molar-refractivity contribution in [2.75, 3.05) is 0 Å². The summed E-state index contributed by atoms with van der Waals surface area (Å²) in [5.41, 5.74) is 5.56. The largest absolute Gasteiger partial charge is 0.481 e. The van der Waals surface area contributed by atoms with Gasteiger partial charge in [0.2, 0.25) is 41.4 Å². The van der Waals surface area contributed by atoms with Gasteiger partial charge in [-0.3, -0.25) is 47.9 Å². The van der Waals surface area contributed by atoms with E-state index in [9.17, 15) is 72.1 Å². The van der Waals surface area contributed by atoms with Gasteiger partial charge in [0.05, 0.1) is 12.8 Å². The van der Waals surface area contributed by atoms with Crippen molar-refractivity contribution in [3.05, 3.63) is 29.8 Å². The molecule has 0 spiro atoms. The van der Waals surface area contributed by atoms with Crippen LogP contribution in [0.2, 0.25) is 0 Å². The first-order valence-corrected chi connectivity index (χ1v) is 18.3. The second-order valence-corrected chi connectivity index (χ2v) is 14.0. The first-order valence-electron chi connectivity index (χ1n) is 18.3. The first kappa shape index (κ1) is 52.6. The van der Waals surface area contributed by atoms with Crippen LogP contribution in [0, 0.1) is 5.92 Å². The highest BCUT2D eigenvalue weighted by Gasteiger charge is 2.51. The number of nitrogens with two attached hydrogens (primary N) is 1. The van der Waals surface area contributed by atoms with E-state index in [-0.39, 0.29) is 17.9 Å². The minimum absolute atomic E-state index is 0.0282. The fraction of sp³-hybridized carbons (Fsp3) is 0.500. The minimum atomic E-state index is -4.18. The standard InChI is InChI=1S/C36H48FN7O18/c1-15(2)11-21(28(38)52)42-32(56)22(12-18-5-7-19(8-6-18)62-36(37,34(58)59)35(60)61)44-30(54)20(9-10-25(46)47)41-33(57)24(14-27(50)51)43-29(53)16(3)39-31(55)23(13-26(48)49)40-17(4)45/h5-8,15-16,20-24H,9-14H2,1-4H3,(H2,38,52)(H,39,55)(H,40,45)(H,41,57)(H,42,56)(H,43,53)(H,44,54)(H,46,47)(H,48,49)(H,50,51)(H,58,59)(H,60,61)/t16-,20-,21-,22-,23-,24-/m0/s1. The van der Waals surface area contributed by atoms with Crippen LogP contribution in [0.4, 0.5) is 4.39 Å². The average Bonchev–Trinajstić information content (AvgIpc) is 3.14. The third-order valence-corrected chi connectivity index (χ3v) is 8.29. The molecule has 0 unspecified atom stereocenters. The second kappa shape index (κ2) is 24.0. The highest BCUT2D eigenvalue weighted by Crippen LogP contribution is 2.22. The number of carbonyl (C=O) groups is 12. The van der Waals surface area contributed by atoms with Gasteiger partial charge >= 0.3 is 35.7 Å². The summed E-state index contributed by atoms with van der Waals surface area (Å²) >= 11 is 0. The molecule has 0 aliphatic carbocycles. The predicted octanol–water partition coefficient (Wildman–Crippen LogP) is -3.26. The number of primary amides is 1. The topological polar surface area (TPSA) is 413 Å². The second-order valence-electron chi connectivity index (χ2n) is 14.0. The van der Waals surface area contributed by atoms with E-state index in [0.717, 1.165) is 38.1 Å². The van der Waals surface area contributed by atoms with E-state index < -0.39 is 151 Å². The van der Waals surface area contributed by atoms with Gasteiger partial charge in [0.1, 0.15) is 42.0 Å². The summed E-state index contributed by atoms with van der Waals surface area (Å²) in [5.74, 6) is -22.3. The van der Waals surface area contributed by atoms with E-state index in [0.29, 0.717) is 0 Å². The lowest BCUT2D eigenvalue weighted by atomic mass is 10.0. The van der Waals surface area contributed by atoms with Crippen molar-refractivity contribution in [1.82, 2.24) is 31.9 Å². The third kappa shape index (κ3) is 17.8. The Kier molecular flexibility index (Phi) is 20.4. The molecular weight excluding hydrogens is 837 g/mol. The van der Waals surface area contributed by atoms with Crippen LogP contribution in [-0.2, 0) is 64.0 Å². The van der Waals surface area contributed by atoms with Crippen LogP contribution < -0.4 is 42.4 Å². The predicted molar refractivity (Wildman–Crippen MR) is 203 cm³/mol. The number of carboxylic acid groups (broad SMARTS) is 5. The van der Waals surface area contributed by atoms with E-state index in [1.807, 2.05) is 5.32 Å². The number of amides is 7. The fourth-order valence-corrected chi connectivity index (χ4v) is 5.24. The first-order chi connectivity index (χ1) is 28.7. The molecule has 7 amide bonds. The summed E-state index contributed by atoms with van der Waals surface area (Å²) in [6.45, 7) is 5.45. The van der Waals surface area contributed by atoms with Gasteiger partial charge in [0.15, 0.2) is 0 Å². The molecule has 0 aliphatic heterocycles. The molecule has 0 fully saturated rings. The van der Waals surface area contributed by atoms with Gasteiger partial charge in [-0.05, 0) is 43.4 Å². The number of hydrogen-bond acceptors (Lipinski definition) is 13. The molecule has 1 aromatic rings. The zero-order valence-electron chi connectivity index (χ0n) is 33.6. The van der Waals surface area contributed by atoms with E-state index in [4.69, 9.17) is 21.1 Å². The number of aliphatic carboxylic acids is 5. The summed E-state index contributed by atoms with van der Waals surface area (Å²) in [6, 6.07) is -6.02. The van der Waals surface area contributed by atoms with Crippen LogP contribution in [0.5, 0.6) is 5.75 Å². The highest BCUT2D eigenvalue weighted by molar-refractivity contribution is 6.00.